The van der Waals surface area contributed by atoms with Crippen molar-refractivity contribution in [3.63, 3.8) is 0 Å². The van der Waals surface area contributed by atoms with Crippen molar-refractivity contribution in [1.29, 1.82) is 0 Å². The molecule has 1 aromatic heterocycles. The molecule has 0 radical (unpaired) electrons. The van der Waals surface area contributed by atoms with Crippen LogP contribution in [0.25, 0.3) is 0 Å². The molecular formula is C20H23N3O2. The van der Waals surface area contributed by atoms with Gasteiger partial charge in [0, 0.05) is 0 Å². The topological polar surface area (TPSA) is 64.1 Å². The molecule has 1 heterocycles. The molecule has 1 N–H and O–H groups in total. The van der Waals surface area contributed by atoms with Crippen LogP contribution in [0.2, 0.25) is 0 Å². The Balaban J connectivity index is 1.78. The van der Waals surface area contributed by atoms with Crippen LogP contribution in [-0.4, -0.2) is 28.4 Å². The number of hydrogen-bond acceptors (Lipinski definition) is 4. The van der Waals surface area contributed by atoms with Crippen LogP contribution in [0.1, 0.15) is 37.7 Å². The van der Waals surface area contributed by atoms with Crippen molar-refractivity contribution in [2.75, 3.05) is 6.54 Å². The highest BCUT2D eigenvalue weighted by atomic mass is 16.6. The highest BCUT2D eigenvalue weighted by Crippen LogP contribution is 2.06. The zero-order chi connectivity index (χ0) is 18.1. The minimum absolute atomic E-state index is 0.201. The number of ether oxygens (including phenoxy) is 1. The number of amides is 1. The summed E-state index contributed by atoms with van der Waals surface area (Å²) >= 11 is 0. The molecule has 5 nitrogen and oxygen atoms in total. The first kappa shape index (κ1) is 18.5. The summed E-state index contributed by atoms with van der Waals surface area (Å²) in [7, 11) is 0. The molecule has 2 aromatic rings. The molecule has 0 spiro atoms. The standard InChI is InChI=1S/C20H23N3O2/c1-20(2,3)25-19(24)21-15-7-10-17-13-14-18(23-22-17)12-11-16-8-5-4-6-9-16/h4-6,8-9,13-14H,11-12,15H2,1-3H3,(H,21,24). The lowest BCUT2D eigenvalue weighted by molar-refractivity contribution is 0.0535. The van der Waals surface area contributed by atoms with E-state index in [2.05, 4.69) is 39.5 Å². The lowest BCUT2D eigenvalue weighted by Crippen LogP contribution is -2.32. The van der Waals surface area contributed by atoms with E-state index in [1.165, 1.54) is 5.56 Å². The fourth-order valence-corrected chi connectivity index (χ4v) is 2.04. The molecule has 25 heavy (non-hydrogen) atoms. The molecule has 1 amide bonds. The van der Waals surface area contributed by atoms with Crippen molar-refractivity contribution in [1.82, 2.24) is 15.5 Å². The van der Waals surface area contributed by atoms with E-state index in [4.69, 9.17) is 4.74 Å². The van der Waals surface area contributed by atoms with Crippen LogP contribution < -0.4 is 5.32 Å². The van der Waals surface area contributed by atoms with Gasteiger partial charge in [-0.25, -0.2) is 4.79 Å². The zero-order valence-corrected chi connectivity index (χ0v) is 14.9. The van der Waals surface area contributed by atoms with E-state index in [1.807, 2.05) is 51.1 Å². The van der Waals surface area contributed by atoms with Gasteiger partial charge >= 0.3 is 6.09 Å². The van der Waals surface area contributed by atoms with Crippen LogP contribution in [-0.2, 0) is 17.6 Å². The smallest absolute Gasteiger partial charge is 0.408 e. The number of rotatable bonds is 4. The predicted octanol–water partition coefficient (Wildman–Crippen LogP) is 3.14. The van der Waals surface area contributed by atoms with Crippen LogP contribution >= 0.6 is 0 Å². The second-order valence-electron chi connectivity index (χ2n) is 6.55. The third kappa shape index (κ3) is 7.49. The first-order chi connectivity index (χ1) is 11.9. The molecule has 1 aromatic carbocycles. The number of carbonyl (C=O) groups excluding carboxylic acids is 1. The molecule has 0 atom stereocenters. The van der Waals surface area contributed by atoms with Crippen LogP contribution in [0.5, 0.6) is 0 Å². The van der Waals surface area contributed by atoms with Gasteiger partial charge in [-0.05, 0) is 57.2 Å². The zero-order valence-electron chi connectivity index (χ0n) is 14.9. The number of benzene rings is 1. The fourth-order valence-electron chi connectivity index (χ4n) is 2.04. The molecule has 0 aliphatic heterocycles. The SMILES string of the molecule is CC(C)(C)OC(=O)NCC#Cc1ccc(CCc2ccccc2)nn1. The van der Waals surface area contributed by atoms with Gasteiger partial charge in [0.25, 0.3) is 0 Å². The Morgan fingerprint density at radius 3 is 2.48 bits per heavy atom. The second kappa shape index (κ2) is 8.84. The minimum atomic E-state index is -0.515. The van der Waals surface area contributed by atoms with E-state index in [1.54, 1.807) is 0 Å². The molecular weight excluding hydrogens is 314 g/mol. The quantitative estimate of drug-likeness (QED) is 0.871. The molecule has 0 bridgehead atoms. The summed E-state index contributed by atoms with van der Waals surface area (Å²) in [6.07, 6.45) is 1.29. The number of carbonyl (C=O) groups is 1. The van der Waals surface area contributed by atoms with Crippen LogP contribution in [0.15, 0.2) is 42.5 Å². The highest BCUT2D eigenvalue weighted by molar-refractivity contribution is 5.68. The number of hydrogen-bond donors (Lipinski definition) is 1. The molecule has 0 fully saturated rings. The van der Waals surface area contributed by atoms with Crippen molar-refractivity contribution in [3.8, 4) is 11.8 Å². The third-order valence-electron chi connectivity index (χ3n) is 3.17. The minimum Gasteiger partial charge on any atom is -0.444 e. The van der Waals surface area contributed by atoms with Crippen LogP contribution in [0.3, 0.4) is 0 Å². The van der Waals surface area contributed by atoms with Gasteiger partial charge in [0.15, 0.2) is 0 Å². The maximum absolute atomic E-state index is 11.5. The largest absolute Gasteiger partial charge is 0.444 e. The summed E-state index contributed by atoms with van der Waals surface area (Å²) in [5, 5.41) is 10.9. The molecule has 2 rings (SSSR count). The van der Waals surface area contributed by atoms with Crippen molar-refractivity contribution in [3.05, 3.63) is 59.4 Å². The Labute approximate surface area is 148 Å². The van der Waals surface area contributed by atoms with E-state index in [9.17, 15) is 4.79 Å². The fraction of sp³-hybridized carbons (Fsp3) is 0.350. The molecule has 0 aliphatic carbocycles. The second-order valence-corrected chi connectivity index (χ2v) is 6.55. The summed E-state index contributed by atoms with van der Waals surface area (Å²) in [5.41, 5.74) is 2.27. The summed E-state index contributed by atoms with van der Waals surface area (Å²) in [6, 6.07) is 14.1. The Kier molecular flexibility index (Phi) is 6.53. The van der Waals surface area contributed by atoms with Gasteiger partial charge in [0.1, 0.15) is 11.3 Å². The molecule has 5 heteroatoms. The molecule has 130 valence electrons. The molecule has 0 unspecified atom stereocenters. The number of aryl methyl sites for hydroxylation is 2. The Hall–Kier alpha value is -2.87. The Morgan fingerprint density at radius 2 is 1.84 bits per heavy atom. The van der Waals surface area contributed by atoms with Gasteiger partial charge in [-0.15, -0.1) is 5.10 Å². The normalized spacial score (nSPS) is 10.5. The third-order valence-corrected chi connectivity index (χ3v) is 3.17. The average molecular weight is 337 g/mol. The molecule has 0 aliphatic rings. The van der Waals surface area contributed by atoms with Gasteiger partial charge in [-0.1, -0.05) is 36.3 Å². The average Bonchev–Trinajstić information content (AvgIpc) is 2.57. The molecule has 0 saturated heterocycles. The van der Waals surface area contributed by atoms with E-state index >= 15 is 0 Å². The van der Waals surface area contributed by atoms with Gasteiger partial charge in [-0.2, -0.15) is 5.10 Å². The Bertz CT molecular complexity index is 738. The summed E-state index contributed by atoms with van der Waals surface area (Å²) in [5.74, 6) is 5.70. The van der Waals surface area contributed by atoms with Crippen molar-refractivity contribution < 1.29 is 9.53 Å². The number of nitrogens with zero attached hydrogens (tertiary/aromatic N) is 2. The van der Waals surface area contributed by atoms with Crippen LogP contribution in [0.4, 0.5) is 4.79 Å². The van der Waals surface area contributed by atoms with Gasteiger partial charge in [-0.3, -0.25) is 0 Å². The van der Waals surface area contributed by atoms with Crippen molar-refractivity contribution in [2.45, 2.75) is 39.2 Å². The first-order valence-electron chi connectivity index (χ1n) is 8.25. The predicted molar refractivity (Wildman–Crippen MR) is 97.0 cm³/mol. The van der Waals surface area contributed by atoms with E-state index in [0.717, 1.165) is 18.5 Å². The summed E-state index contributed by atoms with van der Waals surface area (Å²) in [6.45, 7) is 5.64. The van der Waals surface area contributed by atoms with E-state index in [0.29, 0.717) is 5.69 Å². The van der Waals surface area contributed by atoms with Crippen molar-refractivity contribution in [2.24, 2.45) is 0 Å². The van der Waals surface area contributed by atoms with E-state index < -0.39 is 11.7 Å². The lowest BCUT2D eigenvalue weighted by Gasteiger charge is -2.18. The highest BCUT2D eigenvalue weighted by Gasteiger charge is 2.14. The monoisotopic (exact) mass is 337 g/mol. The van der Waals surface area contributed by atoms with Gasteiger partial charge < -0.3 is 10.1 Å². The van der Waals surface area contributed by atoms with E-state index in [-0.39, 0.29) is 6.54 Å². The molecule has 0 saturated carbocycles. The van der Waals surface area contributed by atoms with Gasteiger partial charge in [0.05, 0.1) is 12.2 Å². The van der Waals surface area contributed by atoms with Gasteiger partial charge in [0.2, 0.25) is 0 Å². The first-order valence-corrected chi connectivity index (χ1v) is 8.25. The maximum atomic E-state index is 11.5. The number of alkyl carbamates (subject to hydrolysis) is 1. The van der Waals surface area contributed by atoms with Crippen molar-refractivity contribution >= 4 is 6.09 Å². The lowest BCUT2D eigenvalue weighted by atomic mass is 10.1. The summed E-state index contributed by atoms with van der Waals surface area (Å²) < 4.78 is 5.12. The number of aromatic nitrogens is 2. The maximum Gasteiger partial charge on any atom is 0.408 e. The Morgan fingerprint density at radius 1 is 1.08 bits per heavy atom. The van der Waals surface area contributed by atoms with Crippen LogP contribution in [0, 0.1) is 11.8 Å². The summed E-state index contributed by atoms with van der Waals surface area (Å²) in [4.78, 5) is 11.5. The number of nitrogens with one attached hydrogen (secondary N) is 1.